The van der Waals surface area contributed by atoms with Gasteiger partial charge in [-0.25, -0.2) is 4.98 Å². The van der Waals surface area contributed by atoms with Gasteiger partial charge in [-0.15, -0.1) is 0 Å². The van der Waals surface area contributed by atoms with Crippen LogP contribution in [0.15, 0.2) is 58.5 Å². The van der Waals surface area contributed by atoms with Crippen LogP contribution in [0.25, 0.3) is 16.6 Å². The van der Waals surface area contributed by atoms with E-state index in [1.807, 2.05) is 75.1 Å². The molecule has 1 aromatic heterocycles. The molecule has 0 atom stereocenters. The van der Waals surface area contributed by atoms with Gasteiger partial charge >= 0.3 is 0 Å². The largest absolute Gasteiger partial charge is 0.337 e. The van der Waals surface area contributed by atoms with Crippen molar-refractivity contribution in [1.82, 2.24) is 14.5 Å². The molecule has 0 aliphatic heterocycles. The highest BCUT2D eigenvalue weighted by Gasteiger charge is 2.22. The molecule has 0 saturated carbocycles. The predicted octanol–water partition coefficient (Wildman–Crippen LogP) is 5.25. The summed E-state index contributed by atoms with van der Waals surface area (Å²) in [5.74, 6) is 0.512. The molecule has 31 heavy (non-hydrogen) atoms. The highest BCUT2D eigenvalue weighted by atomic mass is 32.2. The number of carbonyl (C=O) groups is 1. The number of amides is 1. The van der Waals surface area contributed by atoms with Crippen LogP contribution in [0.5, 0.6) is 0 Å². The van der Waals surface area contributed by atoms with Crippen LogP contribution in [0.1, 0.15) is 53.0 Å². The molecular formula is C25H31N3O2S. The Morgan fingerprint density at radius 1 is 0.968 bits per heavy atom. The molecule has 0 aliphatic carbocycles. The Morgan fingerprint density at radius 3 is 2.23 bits per heavy atom. The smallest absolute Gasteiger partial charge is 0.266 e. The Labute approximate surface area is 188 Å². The second-order valence-electron chi connectivity index (χ2n) is 8.54. The van der Waals surface area contributed by atoms with Crippen molar-refractivity contribution < 1.29 is 4.79 Å². The van der Waals surface area contributed by atoms with Gasteiger partial charge in [0.05, 0.1) is 22.3 Å². The Bertz CT molecular complexity index is 1130. The third-order valence-corrected chi connectivity index (χ3v) is 6.19. The van der Waals surface area contributed by atoms with Crippen molar-refractivity contribution in [2.75, 3.05) is 5.75 Å². The molecule has 1 heterocycles. The van der Waals surface area contributed by atoms with Crippen LogP contribution in [0, 0.1) is 0 Å². The maximum absolute atomic E-state index is 13.5. The van der Waals surface area contributed by atoms with Gasteiger partial charge in [0, 0.05) is 12.1 Å². The Balaban J connectivity index is 2.12. The number of hydrogen-bond acceptors (Lipinski definition) is 4. The number of hydrogen-bond donors (Lipinski definition) is 0. The molecular weight excluding hydrogens is 406 g/mol. The molecule has 0 aliphatic rings. The van der Waals surface area contributed by atoms with Crippen LogP contribution in [0.2, 0.25) is 0 Å². The lowest BCUT2D eigenvalue weighted by molar-refractivity contribution is -0.131. The average molecular weight is 438 g/mol. The summed E-state index contributed by atoms with van der Waals surface area (Å²) in [6, 6.07) is 15.5. The monoisotopic (exact) mass is 437 g/mol. The fourth-order valence-corrected chi connectivity index (χ4v) is 4.85. The molecule has 0 radical (unpaired) electrons. The zero-order chi connectivity index (χ0) is 22.7. The molecule has 5 nitrogen and oxygen atoms in total. The van der Waals surface area contributed by atoms with E-state index in [9.17, 15) is 9.59 Å². The van der Waals surface area contributed by atoms with Crippen molar-refractivity contribution in [1.29, 1.82) is 0 Å². The van der Waals surface area contributed by atoms with Crippen molar-refractivity contribution in [3.05, 3.63) is 64.4 Å². The van der Waals surface area contributed by atoms with E-state index in [4.69, 9.17) is 4.98 Å². The highest BCUT2D eigenvalue weighted by Crippen LogP contribution is 2.27. The van der Waals surface area contributed by atoms with Gasteiger partial charge in [0.1, 0.15) is 0 Å². The first-order valence-corrected chi connectivity index (χ1v) is 11.8. The molecule has 0 spiro atoms. The third-order valence-electron chi connectivity index (χ3n) is 5.27. The number of para-hydroxylation sites is 2. The van der Waals surface area contributed by atoms with Crippen LogP contribution >= 0.6 is 11.8 Å². The standard InChI is InChI=1S/C25H31N3O2S/c1-16(2)19-11-8-10-14-22(19)28-24(30)20-12-7-9-13-21(20)26-25(28)31-15-23(29)27(17(3)4)18(5)6/h7-14,16-18H,15H2,1-6H3. The Hall–Kier alpha value is -2.60. The summed E-state index contributed by atoms with van der Waals surface area (Å²) in [7, 11) is 0. The van der Waals surface area contributed by atoms with E-state index in [2.05, 4.69) is 13.8 Å². The lowest BCUT2D eigenvalue weighted by Gasteiger charge is -2.30. The van der Waals surface area contributed by atoms with Crippen LogP contribution in [0.3, 0.4) is 0 Å². The van der Waals surface area contributed by atoms with E-state index in [-0.39, 0.29) is 35.2 Å². The first kappa shape index (κ1) is 23.1. The summed E-state index contributed by atoms with van der Waals surface area (Å²) >= 11 is 1.32. The van der Waals surface area contributed by atoms with Gasteiger partial charge in [0.25, 0.3) is 5.56 Å². The fourth-order valence-electron chi connectivity index (χ4n) is 3.97. The number of carbonyl (C=O) groups excluding carboxylic acids is 1. The summed E-state index contributed by atoms with van der Waals surface area (Å²) in [5, 5.41) is 1.11. The highest BCUT2D eigenvalue weighted by molar-refractivity contribution is 7.99. The van der Waals surface area contributed by atoms with Crippen molar-refractivity contribution in [2.45, 2.75) is 64.7 Å². The Kier molecular flexibility index (Phi) is 7.21. The second kappa shape index (κ2) is 9.69. The number of thioether (sulfide) groups is 1. The van der Waals surface area contributed by atoms with Gasteiger partial charge in [0.2, 0.25) is 5.91 Å². The van der Waals surface area contributed by atoms with Crippen molar-refractivity contribution in [3.8, 4) is 5.69 Å². The average Bonchev–Trinajstić information content (AvgIpc) is 2.72. The summed E-state index contributed by atoms with van der Waals surface area (Å²) < 4.78 is 1.67. The van der Waals surface area contributed by atoms with Gasteiger partial charge < -0.3 is 4.90 Å². The fraction of sp³-hybridized carbons (Fsp3) is 0.400. The summed E-state index contributed by atoms with van der Waals surface area (Å²) in [6.45, 7) is 12.3. The van der Waals surface area contributed by atoms with Crippen molar-refractivity contribution >= 4 is 28.6 Å². The maximum atomic E-state index is 13.5. The minimum atomic E-state index is -0.113. The number of nitrogens with zero attached hydrogens (tertiary/aromatic N) is 3. The normalized spacial score (nSPS) is 11.6. The zero-order valence-electron chi connectivity index (χ0n) is 19.1. The van der Waals surface area contributed by atoms with E-state index < -0.39 is 0 Å². The maximum Gasteiger partial charge on any atom is 0.266 e. The minimum absolute atomic E-state index is 0.0427. The van der Waals surface area contributed by atoms with Gasteiger partial charge in [-0.3, -0.25) is 14.2 Å². The number of aromatic nitrogens is 2. The first-order valence-electron chi connectivity index (χ1n) is 10.8. The minimum Gasteiger partial charge on any atom is -0.337 e. The zero-order valence-corrected chi connectivity index (χ0v) is 19.9. The molecule has 3 rings (SSSR count). The molecule has 1 amide bonds. The van der Waals surface area contributed by atoms with Crippen LogP contribution < -0.4 is 5.56 Å². The van der Waals surface area contributed by atoms with Crippen LogP contribution in [-0.2, 0) is 4.79 Å². The van der Waals surface area contributed by atoms with Gasteiger partial charge in [-0.2, -0.15) is 0 Å². The molecule has 0 fully saturated rings. The molecule has 0 N–H and O–H groups in total. The van der Waals surface area contributed by atoms with E-state index >= 15 is 0 Å². The van der Waals surface area contributed by atoms with E-state index in [1.165, 1.54) is 11.8 Å². The summed E-state index contributed by atoms with van der Waals surface area (Å²) in [4.78, 5) is 33.2. The molecule has 0 bridgehead atoms. The number of benzene rings is 2. The van der Waals surface area contributed by atoms with E-state index in [0.717, 1.165) is 11.3 Å². The van der Waals surface area contributed by atoms with E-state index in [0.29, 0.717) is 16.1 Å². The summed E-state index contributed by atoms with van der Waals surface area (Å²) in [5.41, 5.74) is 2.42. The lowest BCUT2D eigenvalue weighted by atomic mass is 10.0. The van der Waals surface area contributed by atoms with E-state index in [1.54, 1.807) is 10.6 Å². The topological polar surface area (TPSA) is 55.2 Å². The SMILES string of the molecule is CC(C)c1ccccc1-n1c(SCC(=O)N(C(C)C)C(C)C)nc2ccccc2c1=O. The predicted molar refractivity (Wildman–Crippen MR) is 129 cm³/mol. The molecule has 6 heteroatoms. The number of fused-ring (bicyclic) bond motifs is 1. The molecule has 164 valence electrons. The van der Waals surface area contributed by atoms with Crippen LogP contribution in [0.4, 0.5) is 0 Å². The van der Waals surface area contributed by atoms with Crippen molar-refractivity contribution in [2.24, 2.45) is 0 Å². The quantitative estimate of drug-likeness (QED) is 0.374. The van der Waals surface area contributed by atoms with Gasteiger partial charge in [0.15, 0.2) is 5.16 Å². The summed E-state index contributed by atoms with van der Waals surface area (Å²) in [6.07, 6.45) is 0. The lowest BCUT2D eigenvalue weighted by Crippen LogP contribution is -2.43. The van der Waals surface area contributed by atoms with Crippen molar-refractivity contribution in [3.63, 3.8) is 0 Å². The molecule has 0 saturated heterocycles. The third kappa shape index (κ3) is 4.85. The molecule has 3 aromatic rings. The van der Waals surface area contributed by atoms with Crippen LogP contribution in [-0.4, -0.2) is 38.2 Å². The van der Waals surface area contributed by atoms with Gasteiger partial charge in [-0.05, 0) is 57.4 Å². The second-order valence-corrected chi connectivity index (χ2v) is 9.49. The molecule has 0 unspecified atom stereocenters. The number of rotatable bonds is 7. The first-order chi connectivity index (χ1) is 14.7. The molecule has 2 aromatic carbocycles. The van der Waals surface area contributed by atoms with Gasteiger partial charge in [-0.1, -0.05) is 55.9 Å². The Morgan fingerprint density at radius 2 is 1.58 bits per heavy atom.